The number of aromatic nitrogens is 3. The maximum absolute atomic E-state index is 12.8. The van der Waals surface area contributed by atoms with Crippen LogP contribution in [-0.4, -0.2) is 70.8 Å². The van der Waals surface area contributed by atoms with Crippen LogP contribution in [0.4, 0.5) is 5.13 Å². The van der Waals surface area contributed by atoms with E-state index >= 15 is 0 Å². The van der Waals surface area contributed by atoms with E-state index in [0.29, 0.717) is 22.1 Å². The Morgan fingerprint density at radius 3 is 2.84 bits per heavy atom. The number of hydrogen-bond acceptors (Lipinski definition) is 12. The summed E-state index contributed by atoms with van der Waals surface area (Å²) in [6.07, 6.45) is 4.67. The van der Waals surface area contributed by atoms with Crippen LogP contribution in [0, 0.1) is 0 Å². The molecule has 4 rings (SSSR count). The highest BCUT2D eigenvalue weighted by molar-refractivity contribution is 8.05. The molecule has 2 aromatic rings. The van der Waals surface area contributed by atoms with E-state index in [0.717, 1.165) is 16.2 Å². The molecule has 0 unspecified atom stereocenters. The van der Waals surface area contributed by atoms with Crippen molar-refractivity contribution in [2.45, 2.75) is 17.2 Å². The van der Waals surface area contributed by atoms with Gasteiger partial charge in [-0.05, 0) is 0 Å². The second-order valence-electron chi connectivity index (χ2n) is 6.44. The predicted octanol–water partition coefficient (Wildman–Crippen LogP) is 0.323. The molecule has 4 heterocycles. The van der Waals surface area contributed by atoms with E-state index in [-0.39, 0.29) is 22.2 Å². The minimum Gasteiger partial charge on any atom is -0.477 e. The van der Waals surface area contributed by atoms with Crippen LogP contribution >= 0.6 is 34.9 Å². The summed E-state index contributed by atoms with van der Waals surface area (Å²) < 4.78 is 0. The van der Waals surface area contributed by atoms with Gasteiger partial charge in [-0.25, -0.2) is 9.78 Å². The van der Waals surface area contributed by atoms with Crippen molar-refractivity contribution in [2.75, 3.05) is 11.5 Å². The number of nitrogens with one attached hydrogen (secondary N) is 1. The molecule has 12 nitrogen and oxygen atoms in total. The summed E-state index contributed by atoms with van der Waals surface area (Å²) in [5, 5.41) is 25.4. The van der Waals surface area contributed by atoms with Gasteiger partial charge in [-0.3, -0.25) is 24.5 Å². The van der Waals surface area contributed by atoms with Crippen molar-refractivity contribution in [3.05, 3.63) is 46.0 Å². The topological polar surface area (TPSA) is 184 Å². The molecule has 5 N–H and O–H groups in total. The minimum atomic E-state index is -1.23. The zero-order valence-electron chi connectivity index (χ0n) is 16.0. The molecular weight excluding hydrogens is 478 g/mol. The van der Waals surface area contributed by atoms with Crippen LogP contribution in [0.3, 0.4) is 0 Å². The third-order valence-corrected chi connectivity index (χ3v) is 7.78. The highest BCUT2D eigenvalue weighted by Gasteiger charge is 2.54. The van der Waals surface area contributed by atoms with Gasteiger partial charge in [0.2, 0.25) is 0 Å². The van der Waals surface area contributed by atoms with Crippen LogP contribution in [-0.2, 0) is 20.1 Å². The Hall–Kier alpha value is -3.17. The number of oxime groups is 1. The average Bonchev–Trinajstić information content (AvgIpc) is 3.22. The molecule has 0 bridgehead atoms. The number of rotatable bonds is 7. The summed E-state index contributed by atoms with van der Waals surface area (Å²) in [6.45, 7) is 0. The molecule has 166 valence electrons. The van der Waals surface area contributed by atoms with Crippen molar-refractivity contribution in [2.24, 2.45) is 5.16 Å². The number of carbonyl (C=O) groups is 3. The van der Waals surface area contributed by atoms with E-state index < -0.39 is 29.2 Å². The summed E-state index contributed by atoms with van der Waals surface area (Å²) >= 11 is 3.66. The molecule has 0 aromatic carbocycles. The van der Waals surface area contributed by atoms with E-state index in [1.807, 2.05) is 0 Å². The molecule has 2 aliphatic rings. The van der Waals surface area contributed by atoms with Crippen molar-refractivity contribution in [1.82, 2.24) is 25.2 Å². The van der Waals surface area contributed by atoms with Gasteiger partial charge in [0.25, 0.3) is 11.8 Å². The van der Waals surface area contributed by atoms with Crippen molar-refractivity contribution in [1.29, 1.82) is 0 Å². The SMILES string of the molecule is Nc1nc(/C(=N\O)C(=O)N[C@@H]2C(=O)N3C(C(=O)O)=C(SCc4cnccn4)CS[C@H]23)cs1. The van der Waals surface area contributed by atoms with Crippen molar-refractivity contribution < 1.29 is 24.7 Å². The molecule has 15 heteroatoms. The Morgan fingerprint density at radius 1 is 1.41 bits per heavy atom. The average molecular weight is 494 g/mol. The quantitative estimate of drug-likeness (QED) is 0.180. The number of thiazole rings is 1. The van der Waals surface area contributed by atoms with E-state index in [9.17, 15) is 24.7 Å². The second-order valence-corrected chi connectivity index (χ2v) is 9.51. The van der Waals surface area contributed by atoms with Crippen LogP contribution in [0.5, 0.6) is 0 Å². The fourth-order valence-electron chi connectivity index (χ4n) is 3.09. The highest BCUT2D eigenvalue weighted by atomic mass is 32.2. The number of nitrogens with two attached hydrogens (primary N) is 1. The van der Waals surface area contributed by atoms with Gasteiger partial charge in [0, 0.05) is 40.4 Å². The molecule has 0 radical (unpaired) electrons. The van der Waals surface area contributed by atoms with Crippen molar-refractivity contribution in [3.8, 4) is 0 Å². The maximum Gasteiger partial charge on any atom is 0.353 e. The van der Waals surface area contributed by atoms with Gasteiger partial charge >= 0.3 is 5.97 Å². The van der Waals surface area contributed by atoms with Gasteiger partial charge in [-0.1, -0.05) is 5.16 Å². The number of thioether (sulfide) groups is 2. The molecular formula is C17H15N7O5S3. The van der Waals surface area contributed by atoms with Gasteiger partial charge < -0.3 is 21.4 Å². The minimum absolute atomic E-state index is 0.0706. The standard InChI is InChI=1S/C17H15N7O5S3/c18-17-21-8(5-32-17)10(23-29)13(25)22-11-14(26)24-12(16(27)28)9(6-31-15(11)24)30-4-7-3-19-1-2-20-7/h1-3,5,11,15,29H,4,6H2,(H2,18,21)(H,22,25)(H,27,28)/b23-10+/t11-,15-/m1/s1. The first kappa shape index (κ1) is 22.0. The monoisotopic (exact) mass is 493 g/mol. The second kappa shape index (κ2) is 9.13. The fourth-order valence-corrected chi connectivity index (χ4v) is 6.16. The van der Waals surface area contributed by atoms with E-state index in [1.54, 1.807) is 18.6 Å². The fraction of sp³-hybridized carbons (Fsp3) is 0.235. The molecule has 2 aromatic heterocycles. The first-order valence-corrected chi connectivity index (χ1v) is 11.8. The summed E-state index contributed by atoms with van der Waals surface area (Å²) in [5.41, 5.74) is 5.79. The summed E-state index contributed by atoms with van der Waals surface area (Å²) in [6, 6.07) is -0.971. The molecule has 1 saturated heterocycles. The van der Waals surface area contributed by atoms with E-state index in [2.05, 4.69) is 25.4 Å². The normalized spacial score (nSPS) is 20.6. The number of carboxylic acid groups (broad SMARTS) is 1. The van der Waals surface area contributed by atoms with Gasteiger partial charge in [-0.2, -0.15) is 0 Å². The molecule has 32 heavy (non-hydrogen) atoms. The van der Waals surface area contributed by atoms with Crippen LogP contribution in [0.15, 0.2) is 39.7 Å². The maximum atomic E-state index is 12.8. The lowest BCUT2D eigenvalue weighted by Crippen LogP contribution is -2.71. The van der Waals surface area contributed by atoms with Gasteiger partial charge in [-0.15, -0.1) is 34.9 Å². The number of carboxylic acids is 1. The Labute approximate surface area is 193 Å². The lowest BCUT2D eigenvalue weighted by molar-refractivity contribution is -0.150. The third-order valence-electron chi connectivity index (χ3n) is 4.51. The van der Waals surface area contributed by atoms with Gasteiger partial charge in [0.1, 0.15) is 22.8 Å². The van der Waals surface area contributed by atoms with Crippen LogP contribution in [0.25, 0.3) is 0 Å². The molecule has 1 fully saturated rings. The summed E-state index contributed by atoms with van der Waals surface area (Å²) in [7, 11) is 0. The summed E-state index contributed by atoms with van der Waals surface area (Å²) in [4.78, 5) is 50.9. The first-order valence-electron chi connectivity index (χ1n) is 8.93. The molecule has 0 aliphatic carbocycles. The largest absolute Gasteiger partial charge is 0.477 e. The number of aliphatic carboxylic acids is 1. The molecule has 0 saturated carbocycles. The van der Waals surface area contributed by atoms with E-state index in [4.69, 9.17) is 5.73 Å². The van der Waals surface area contributed by atoms with Crippen molar-refractivity contribution >= 4 is 63.5 Å². The number of hydrogen-bond donors (Lipinski definition) is 4. The predicted molar refractivity (Wildman–Crippen MR) is 118 cm³/mol. The number of nitrogens with zero attached hydrogens (tertiary/aromatic N) is 5. The lowest BCUT2D eigenvalue weighted by Gasteiger charge is -2.49. The van der Waals surface area contributed by atoms with Crippen molar-refractivity contribution in [3.63, 3.8) is 0 Å². The Morgan fingerprint density at radius 2 is 2.22 bits per heavy atom. The van der Waals surface area contributed by atoms with Crippen LogP contribution in [0.2, 0.25) is 0 Å². The van der Waals surface area contributed by atoms with Gasteiger partial charge in [0.05, 0.1) is 5.69 Å². The highest BCUT2D eigenvalue weighted by Crippen LogP contribution is 2.43. The number of β-lactam (4-membered cyclic amide) rings is 1. The number of carbonyl (C=O) groups excluding carboxylic acids is 2. The smallest absolute Gasteiger partial charge is 0.353 e. The number of anilines is 1. The molecule has 0 spiro atoms. The molecule has 2 amide bonds. The summed E-state index contributed by atoms with van der Waals surface area (Å²) in [5.74, 6) is -1.87. The Bertz CT molecular complexity index is 1140. The van der Waals surface area contributed by atoms with Crippen LogP contribution < -0.4 is 11.1 Å². The van der Waals surface area contributed by atoms with Crippen LogP contribution in [0.1, 0.15) is 11.4 Å². The first-order chi connectivity index (χ1) is 15.4. The zero-order chi connectivity index (χ0) is 22.8. The molecule has 2 atom stereocenters. The lowest BCUT2D eigenvalue weighted by atomic mass is 10.0. The van der Waals surface area contributed by atoms with E-state index in [1.165, 1.54) is 28.9 Å². The zero-order valence-corrected chi connectivity index (χ0v) is 18.5. The number of nitrogen functional groups attached to an aromatic ring is 1. The third kappa shape index (κ3) is 4.13. The Kier molecular flexibility index (Phi) is 6.29. The number of amides is 2. The Balaban J connectivity index is 1.48. The molecule has 2 aliphatic heterocycles. The van der Waals surface area contributed by atoms with Gasteiger partial charge in [0.15, 0.2) is 10.8 Å². The number of fused-ring (bicyclic) bond motifs is 1.